The molecule has 0 radical (unpaired) electrons. The molecule has 1 heteroatoms. The SMILES string of the molecule is CCC[N+](C)(C)CCC1CCC2CC(CCCCCC(C)CCCC(C)C(C)C)(CC1)C2. The average molecular weight is 449 g/mol. The van der Waals surface area contributed by atoms with E-state index < -0.39 is 0 Å². The van der Waals surface area contributed by atoms with Crippen LogP contribution in [0.1, 0.15) is 137 Å². The van der Waals surface area contributed by atoms with E-state index in [-0.39, 0.29) is 0 Å². The molecule has 2 bridgehead atoms. The Labute approximate surface area is 204 Å². The second-order valence-electron chi connectivity index (χ2n) is 13.8. The van der Waals surface area contributed by atoms with Crippen molar-refractivity contribution in [3.05, 3.63) is 0 Å². The Kier molecular flexibility index (Phi) is 12.1. The van der Waals surface area contributed by atoms with Gasteiger partial charge in [-0.05, 0) is 86.4 Å². The lowest BCUT2D eigenvalue weighted by atomic mass is 9.54. The van der Waals surface area contributed by atoms with Crippen molar-refractivity contribution in [1.29, 1.82) is 0 Å². The van der Waals surface area contributed by atoms with Crippen molar-refractivity contribution < 1.29 is 4.48 Å². The van der Waals surface area contributed by atoms with E-state index in [1.165, 1.54) is 88.2 Å². The molecule has 3 rings (SSSR count). The fourth-order valence-electron chi connectivity index (χ4n) is 7.00. The molecule has 0 saturated heterocycles. The van der Waals surface area contributed by atoms with E-state index in [4.69, 9.17) is 0 Å². The van der Waals surface area contributed by atoms with Crippen LogP contribution in [0.2, 0.25) is 0 Å². The molecule has 0 spiro atoms. The van der Waals surface area contributed by atoms with Gasteiger partial charge in [0, 0.05) is 0 Å². The first kappa shape index (κ1) is 28.2. The number of quaternary nitrogens is 1. The lowest BCUT2D eigenvalue weighted by molar-refractivity contribution is -0.890. The maximum absolute atomic E-state index is 2.50. The fourth-order valence-corrected chi connectivity index (χ4v) is 7.00. The summed E-state index contributed by atoms with van der Waals surface area (Å²) < 4.78 is 1.23. The number of hydrogen-bond donors (Lipinski definition) is 0. The maximum Gasteiger partial charge on any atom is 0.0785 e. The summed E-state index contributed by atoms with van der Waals surface area (Å²) in [6.07, 6.45) is 24.0. The molecule has 1 nitrogen and oxygen atoms in total. The van der Waals surface area contributed by atoms with Crippen molar-refractivity contribution in [1.82, 2.24) is 0 Å². The third kappa shape index (κ3) is 10.1. The molecule has 3 unspecified atom stereocenters. The minimum absolute atomic E-state index is 0.774. The smallest absolute Gasteiger partial charge is 0.0785 e. The van der Waals surface area contributed by atoms with Gasteiger partial charge in [0.2, 0.25) is 0 Å². The van der Waals surface area contributed by atoms with Crippen LogP contribution in [0.15, 0.2) is 0 Å². The summed E-state index contributed by atoms with van der Waals surface area (Å²) >= 11 is 0. The molecule has 0 aliphatic heterocycles. The van der Waals surface area contributed by atoms with E-state index in [1.807, 2.05) is 0 Å². The lowest BCUT2D eigenvalue weighted by Crippen LogP contribution is -2.43. The van der Waals surface area contributed by atoms with Crippen LogP contribution >= 0.6 is 0 Å². The zero-order chi connectivity index (χ0) is 23.6. The quantitative estimate of drug-likeness (QED) is 0.163. The van der Waals surface area contributed by atoms with E-state index in [9.17, 15) is 0 Å². The van der Waals surface area contributed by atoms with Gasteiger partial charge in [-0.15, -0.1) is 0 Å². The predicted molar refractivity (Wildman–Crippen MR) is 144 cm³/mol. The number of rotatable bonds is 16. The molecule has 0 N–H and O–H groups in total. The normalized spacial score (nSPS) is 28.1. The van der Waals surface area contributed by atoms with Gasteiger partial charge in [0.25, 0.3) is 0 Å². The van der Waals surface area contributed by atoms with Crippen molar-refractivity contribution in [2.75, 3.05) is 27.2 Å². The van der Waals surface area contributed by atoms with Gasteiger partial charge in [-0.1, -0.05) is 86.0 Å². The van der Waals surface area contributed by atoms with Crippen LogP contribution in [0.5, 0.6) is 0 Å². The largest absolute Gasteiger partial charge is 0.328 e. The van der Waals surface area contributed by atoms with Crippen LogP contribution in [0.4, 0.5) is 0 Å². The van der Waals surface area contributed by atoms with Gasteiger partial charge in [0.1, 0.15) is 0 Å². The number of nitrogens with zero attached hydrogens (tertiary/aromatic N) is 1. The lowest BCUT2D eigenvalue weighted by Gasteiger charge is -2.51. The van der Waals surface area contributed by atoms with Crippen LogP contribution < -0.4 is 0 Å². The van der Waals surface area contributed by atoms with Crippen molar-refractivity contribution in [2.45, 2.75) is 137 Å². The van der Waals surface area contributed by atoms with E-state index >= 15 is 0 Å². The molecule has 3 aliphatic carbocycles. The molecule has 0 aromatic carbocycles. The van der Waals surface area contributed by atoms with Crippen molar-refractivity contribution in [3.8, 4) is 0 Å². The summed E-state index contributed by atoms with van der Waals surface area (Å²) in [6, 6.07) is 0. The molecule has 32 heavy (non-hydrogen) atoms. The summed E-state index contributed by atoms with van der Waals surface area (Å²) in [7, 11) is 4.89. The Bertz CT molecular complexity index is 487. The minimum Gasteiger partial charge on any atom is -0.328 e. The molecule has 3 fully saturated rings. The Morgan fingerprint density at radius 3 is 2.22 bits per heavy atom. The van der Waals surface area contributed by atoms with E-state index in [0.29, 0.717) is 0 Å². The highest BCUT2D eigenvalue weighted by atomic mass is 15.3. The van der Waals surface area contributed by atoms with Crippen LogP contribution in [0.25, 0.3) is 0 Å². The van der Waals surface area contributed by atoms with Gasteiger partial charge in [-0.2, -0.15) is 0 Å². The van der Waals surface area contributed by atoms with Gasteiger partial charge in [0.15, 0.2) is 0 Å². The molecule has 0 amide bonds. The summed E-state index contributed by atoms with van der Waals surface area (Å²) in [5.41, 5.74) is 0.774. The Morgan fingerprint density at radius 1 is 0.812 bits per heavy atom. The zero-order valence-electron chi connectivity index (χ0n) is 23.6. The minimum atomic E-state index is 0.774. The molecule has 0 aromatic rings. The Morgan fingerprint density at radius 2 is 1.53 bits per heavy atom. The molecular weight excluding hydrogens is 386 g/mol. The van der Waals surface area contributed by atoms with Gasteiger partial charge in [-0.25, -0.2) is 0 Å². The van der Waals surface area contributed by atoms with Crippen LogP contribution in [0.3, 0.4) is 0 Å². The summed E-state index contributed by atoms with van der Waals surface area (Å²) in [6.45, 7) is 14.8. The summed E-state index contributed by atoms with van der Waals surface area (Å²) in [5, 5.41) is 0. The van der Waals surface area contributed by atoms with Gasteiger partial charge in [0.05, 0.1) is 27.2 Å². The van der Waals surface area contributed by atoms with Crippen LogP contribution in [-0.4, -0.2) is 31.7 Å². The predicted octanol–water partition coefficient (Wildman–Crippen LogP) is 9.50. The highest BCUT2D eigenvalue weighted by Crippen LogP contribution is 2.56. The van der Waals surface area contributed by atoms with Crippen LogP contribution in [0, 0.1) is 35.0 Å². The van der Waals surface area contributed by atoms with E-state index in [0.717, 1.165) is 35.0 Å². The van der Waals surface area contributed by atoms with E-state index in [2.05, 4.69) is 48.7 Å². The number of fused-ring (bicyclic) bond motifs is 4. The Hall–Kier alpha value is -0.0400. The number of unbranched alkanes of at least 4 members (excludes halogenated alkanes) is 2. The fraction of sp³-hybridized carbons (Fsp3) is 1.00. The molecule has 3 atom stereocenters. The average Bonchev–Trinajstić information content (AvgIpc) is 2.67. The third-order valence-corrected chi connectivity index (χ3v) is 9.88. The highest BCUT2D eigenvalue weighted by molar-refractivity contribution is 4.95. The van der Waals surface area contributed by atoms with Crippen molar-refractivity contribution in [3.63, 3.8) is 0 Å². The van der Waals surface area contributed by atoms with E-state index in [1.54, 1.807) is 32.1 Å². The van der Waals surface area contributed by atoms with Gasteiger partial charge >= 0.3 is 0 Å². The highest BCUT2D eigenvalue weighted by Gasteiger charge is 2.44. The Balaban J connectivity index is 1.59. The van der Waals surface area contributed by atoms with Gasteiger partial charge < -0.3 is 4.48 Å². The first-order valence-corrected chi connectivity index (χ1v) is 15.0. The first-order chi connectivity index (χ1) is 15.1. The van der Waals surface area contributed by atoms with Crippen molar-refractivity contribution in [2.24, 2.45) is 35.0 Å². The first-order valence-electron chi connectivity index (χ1n) is 15.0. The monoisotopic (exact) mass is 448 g/mol. The molecule has 190 valence electrons. The second-order valence-corrected chi connectivity index (χ2v) is 13.8. The molecule has 3 aliphatic rings. The third-order valence-electron chi connectivity index (χ3n) is 9.88. The molecular formula is C31H62N+. The maximum atomic E-state index is 2.50. The standard InChI is InChI=1S/C31H62N/c1-8-22-32(6,7)23-19-29-16-17-30-24-31(25-30,21-18-29)20-11-9-10-13-27(4)14-12-15-28(5)26(2)3/h26-30H,8-25H2,1-7H3/q+1. The molecule has 0 heterocycles. The summed E-state index contributed by atoms with van der Waals surface area (Å²) in [4.78, 5) is 0. The number of hydrogen-bond acceptors (Lipinski definition) is 0. The van der Waals surface area contributed by atoms with Crippen LogP contribution in [-0.2, 0) is 0 Å². The van der Waals surface area contributed by atoms with Gasteiger partial charge in [-0.3, -0.25) is 0 Å². The van der Waals surface area contributed by atoms with Crippen molar-refractivity contribution >= 4 is 0 Å². The molecule has 0 aromatic heterocycles. The summed E-state index contributed by atoms with van der Waals surface area (Å²) in [5.74, 6) is 4.80. The molecule has 3 saturated carbocycles. The second kappa shape index (κ2) is 13.7. The zero-order valence-corrected chi connectivity index (χ0v) is 23.6. The topological polar surface area (TPSA) is 0 Å².